The number of hydrogen-bond donors (Lipinski definition) is 1. The maximum Gasteiger partial charge on any atom is 0.131 e. The third-order valence-corrected chi connectivity index (χ3v) is 3.04. The predicted molar refractivity (Wildman–Crippen MR) is 67.3 cm³/mol. The standard InChI is InChI=1S/C11H8Cl2N4/c12-9-2-1-8(5-10(9)13)17-11(15)7(3-4-14)6-16-17/h1-2,5-6H,3,15H2. The molecule has 2 aromatic rings. The lowest BCUT2D eigenvalue weighted by Crippen LogP contribution is -2.02. The van der Waals surface area contributed by atoms with Crippen molar-refractivity contribution in [2.45, 2.75) is 6.42 Å². The largest absolute Gasteiger partial charge is 0.383 e. The highest BCUT2D eigenvalue weighted by molar-refractivity contribution is 6.42. The molecule has 0 aliphatic heterocycles. The molecule has 6 heteroatoms. The van der Waals surface area contributed by atoms with Gasteiger partial charge in [-0.05, 0) is 18.2 Å². The Morgan fingerprint density at radius 2 is 2.12 bits per heavy atom. The van der Waals surface area contributed by atoms with Crippen LogP contribution in [0.25, 0.3) is 5.69 Å². The van der Waals surface area contributed by atoms with Gasteiger partial charge in [0.1, 0.15) is 5.82 Å². The number of halogens is 2. The molecule has 0 aliphatic carbocycles. The molecule has 2 rings (SSSR count). The van der Waals surface area contributed by atoms with Crippen LogP contribution in [0.1, 0.15) is 5.56 Å². The molecule has 0 aliphatic rings. The van der Waals surface area contributed by atoms with Crippen LogP contribution in [-0.4, -0.2) is 9.78 Å². The molecule has 0 bridgehead atoms. The average molecular weight is 267 g/mol. The molecule has 17 heavy (non-hydrogen) atoms. The molecule has 1 aromatic heterocycles. The Morgan fingerprint density at radius 1 is 1.35 bits per heavy atom. The van der Waals surface area contributed by atoms with Gasteiger partial charge in [0, 0.05) is 5.56 Å². The van der Waals surface area contributed by atoms with Crippen molar-refractivity contribution >= 4 is 29.0 Å². The number of nitrogen functional groups attached to an aromatic ring is 1. The van der Waals surface area contributed by atoms with E-state index in [-0.39, 0.29) is 6.42 Å². The van der Waals surface area contributed by atoms with E-state index in [2.05, 4.69) is 5.10 Å². The Balaban J connectivity index is 2.47. The Hall–Kier alpha value is -1.70. The van der Waals surface area contributed by atoms with Gasteiger partial charge in [-0.25, -0.2) is 4.68 Å². The van der Waals surface area contributed by atoms with Crippen LogP contribution in [-0.2, 0) is 6.42 Å². The number of benzene rings is 1. The Kier molecular flexibility index (Phi) is 3.23. The molecule has 0 spiro atoms. The fraction of sp³-hybridized carbons (Fsp3) is 0.0909. The quantitative estimate of drug-likeness (QED) is 0.909. The second-order valence-electron chi connectivity index (χ2n) is 3.40. The highest BCUT2D eigenvalue weighted by atomic mass is 35.5. The topological polar surface area (TPSA) is 67.6 Å². The zero-order valence-electron chi connectivity index (χ0n) is 8.69. The molecule has 86 valence electrons. The number of aromatic nitrogens is 2. The summed E-state index contributed by atoms with van der Waals surface area (Å²) in [6.45, 7) is 0. The van der Waals surface area contributed by atoms with Gasteiger partial charge in [0.05, 0.1) is 34.4 Å². The van der Waals surface area contributed by atoms with Crippen molar-refractivity contribution in [2.24, 2.45) is 0 Å². The fourth-order valence-corrected chi connectivity index (χ4v) is 1.73. The Morgan fingerprint density at radius 3 is 2.76 bits per heavy atom. The summed E-state index contributed by atoms with van der Waals surface area (Å²) in [6.07, 6.45) is 1.80. The van der Waals surface area contributed by atoms with Crippen molar-refractivity contribution < 1.29 is 0 Å². The summed E-state index contributed by atoms with van der Waals surface area (Å²) in [5.74, 6) is 0.435. The van der Waals surface area contributed by atoms with E-state index < -0.39 is 0 Å². The third-order valence-electron chi connectivity index (χ3n) is 2.30. The monoisotopic (exact) mass is 266 g/mol. The molecule has 2 N–H and O–H groups in total. The number of anilines is 1. The summed E-state index contributed by atoms with van der Waals surface area (Å²) >= 11 is 11.7. The minimum absolute atomic E-state index is 0.229. The summed E-state index contributed by atoms with van der Waals surface area (Å²) in [5, 5.41) is 13.6. The van der Waals surface area contributed by atoms with E-state index in [0.29, 0.717) is 27.1 Å². The summed E-state index contributed by atoms with van der Waals surface area (Å²) in [6, 6.07) is 7.13. The molecule has 0 unspecified atom stereocenters. The molecular weight excluding hydrogens is 259 g/mol. The highest BCUT2D eigenvalue weighted by Crippen LogP contribution is 2.26. The van der Waals surface area contributed by atoms with Gasteiger partial charge in [-0.15, -0.1) is 0 Å². The lowest BCUT2D eigenvalue weighted by molar-refractivity contribution is 0.891. The van der Waals surface area contributed by atoms with Crippen molar-refractivity contribution in [2.75, 3.05) is 5.73 Å². The second kappa shape index (κ2) is 4.66. The fourth-order valence-electron chi connectivity index (χ4n) is 1.44. The number of nitrogens with zero attached hydrogens (tertiary/aromatic N) is 3. The van der Waals surface area contributed by atoms with Crippen LogP contribution in [0.3, 0.4) is 0 Å². The Labute approximate surface area is 108 Å². The summed E-state index contributed by atoms with van der Waals surface area (Å²) < 4.78 is 1.52. The van der Waals surface area contributed by atoms with Gasteiger partial charge in [-0.2, -0.15) is 10.4 Å². The highest BCUT2D eigenvalue weighted by Gasteiger charge is 2.09. The van der Waals surface area contributed by atoms with E-state index in [4.69, 9.17) is 34.2 Å². The zero-order valence-corrected chi connectivity index (χ0v) is 10.2. The average Bonchev–Trinajstić information content (AvgIpc) is 2.66. The van der Waals surface area contributed by atoms with Crippen LogP contribution in [0.15, 0.2) is 24.4 Å². The number of rotatable bonds is 2. The van der Waals surface area contributed by atoms with E-state index in [0.717, 1.165) is 0 Å². The first kappa shape index (κ1) is 11.8. The molecular formula is C11H8Cl2N4. The van der Waals surface area contributed by atoms with E-state index in [1.165, 1.54) is 4.68 Å². The zero-order chi connectivity index (χ0) is 12.4. The molecule has 0 saturated carbocycles. The lowest BCUT2D eigenvalue weighted by atomic mass is 10.2. The number of nitrogens with two attached hydrogens (primary N) is 1. The molecule has 1 heterocycles. The van der Waals surface area contributed by atoms with Gasteiger partial charge in [0.15, 0.2) is 0 Å². The lowest BCUT2D eigenvalue weighted by Gasteiger charge is -2.05. The maximum atomic E-state index is 8.62. The van der Waals surface area contributed by atoms with Crippen LogP contribution >= 0.6 is 23.2 Å². The van der Waals surface area contributed by atoms with E-state index in [9.17, 15) is 0 Å². The van der Waals surface area contributed by atoms with Crippen LogP contribution < -0.4 is 5.73 Å². The van der Waals surface area contributed by atoms with Gasteiger partial charge in [0.2, 0.25) is 0 Å². The summed E-state index contributed by atoms with van der Waals surface area (Å²) in [4.78, 5) is 0. The van der Waals surface area contributed by atoms with Crippen LogP contribution in [0.5, 0.6) is 0 Å². The molecule has 4 nitrogen and oxygen atoms in total. The van der Waals surface area contributed by atoms with Crippen LogP contribution in [0.2, 0.25) is 10.0 Å². The molecule has 0 radical (unpaired) electrons. The van der Waals surface area contributed by atoms with Crippen molar-refractivity contribution in [3.63, 3.8) is 0 Å². The molecule has 0 fully saturated rings. The minimum atomic E-state index is 0.229. The SMILES string of the molecule is N#CCc1cnn(-c2ccc(Cl)c(Cl)c2)c1N. The summed E-state index contributed by atoms with van der Waals surface area (Å²) in [7, 11) is 0. The number of hydrogen-bond acceptors (Lipinski definition) is 3. The van der Waals surface area contributed by atoms with Gasteiger partial charge in [-0.1, -0.05) is 23.2 Å². The van der Waals surface area contributed by atoms with Gasteiger partial charge >= 0.3 is 0 Å². The van der Waals surface area contributed by atoms with Crippen molar-refractivity contribution in [3.8, 4) is 11.8 Å². The normalized spacial score (nSPS) is 10.2. The predicted octanol–water partition coefficient (Wildman–Crippen LogP) is 2.83. The first-order valence-corrected chi connectivity index (χ1v) is 5.54. The van der Waals surface area contributed by atoms with Crippen molar-refractivity contribution in [1.82, 2.24) is 9.78 Å². The van der Waals surface area contributed by atoms with E-state index in [1.807, 2.05) is 6.07 Å². The second-order valence-corrected chi connectivity index (χ2v) is 4.21. The maximum absolute atomic E-state index is 8.62. The van der Waals surface area contributed by atoms with E-state index in [1.54, 1.807) is 24.4 Å². The summed E-state index contributed by atoms with van der Waals surface area (Å²) in [5.41, 5.74) is 7.29. The van der Waals surface area contributed by atoms with Crippen molar-refractivity contribution in [1.29, 1.82) is 5.26 Å². The molecule has 0 amide bonds. The van der Waals surface area contributed by atoms with Gasteiger partial charge < -0.3 is 5.73 Å². The van der Waals surface area contributed by atoms with Crippen LogP contribution in [0.4, 0.5) is 5.82 Å². The van der Waals surface area contributed by atoms with E-state index >= 15 is 0 Å². The minimum Gasteiger partial charge on any atom is -0.383 e. The molecule has 0 saturated heterocycles. The smallest absolute Gasteiger partial charge is 0.131 e. The first-order chi connectivity index (χ1) is 8.13. The number of nitriles is 1. The first-order valence-electron chi connectivity index (χ1n) is 4.78. The molecule has 1 aromatic carbocycles. The Bertz CT molecular complexity index is 598. The van der Waals surface area contributed by atoms with Crippen LogP contribution in [0, 0.1) is 11.3 Å². The molecule has 0 atom stereocenters. The van der Waals surface area contributed by atoms with Gasteiger partial charge in [-0.3, -0.25) is 0 Å². The van der Waals surface area contributed by atoms with Crippen molar-refractivity contribution in [3.05, 3.63) is 40.0 Å². The third kappa shape index (κ3) is 2.21. The van der Waals surface area contributed by atoms with Gasteiger partial charge in [0.25, 0.3) is 0 Å².